The van der Waals surface area contributed by atoms with Gasteiger partial charge in [0.2, 0.25) is 0 Å². The molecule has 1 aliphatic rings. The Morgan fingerprint density at radius 3 is 2.12 bits per heavy atom. The van der Waals surface area contributed by atoms with Crippen LogP contribution in [0, 0.1) is 0 Å². The number of benzene rings is 3. The number of hydrogen-bond donors (Lipinski definition) is 0. The molecule has 124 valence electrons. The van der Waals surface area contributed by atoms with E-state index in [1.165, 1.54) is 16.7 Å². The molecular formula is C23H18Cl2. The lowest BCUT2D eigenvalue weighted by molar-refractivity contribution is 1.16. The number of rotatable bonds is 2. The standard InChI is InChI=1S/C23H18Cl2/c1-2-15-14-17(16-8-4-3-5-9-16)12-13-20-21(15)23(25)19-11-7-6-10-18(19)22(20)24/h3-13H,2,14H2,1H3. The van der Waals surface area contributed by atoms with Gasteiger partial charge >= 0.3 is 0 Å². The molecule has 0 unspecified atom stereocenters. The summed E-state index contributed by atoms with van der Waals surface area (Å²) in [6.45, 7) is 2.19. The molecule has 0 atom stereocenters. The van der Waals surface area contributed by atoms with Crippen molar-refractivity contribution in [1.82, 2.24) is 0 Å². The minimum Gasteiger partial charge on any atom is -0.0830 e. The normalized spacial score (nSPS) is 13.9. The van der Waals surface area contributed by atoms with Gasteiger partial charge in [-0.1, -0.05) is 102 Å². The summed E-state index contributed by atoms with van der Waals surface area (Å²) in [6, 6.07) is 18.6. The largest absolute Gasteiger partial charge is 0.0830 e. The zero-order valence-corrected chi connectivity index (χ0v) is 15.5. The lowest BCUT2D eigenvalue weighted by Gasteiger charge is -2.11. The Morgan fingerprint density at radius 2 is 1.44 bits per heavy atom. The van der Waals surface area contributed by atoms with Gasteiger partial charge in [0, 0.05) is 21.2 Å². The van der Waals surface area contributed by atoms with Gasteiger partial charge in [0.25, 0.3) is 0 Å². The van der Waals surface area contributed by atoms with Crippen LogP contribution in [0.1, 0.15) is 25.3 Å². The predicted molar refractivity (Wildman–Crippen MR) is 110 cm³/mol. The Kier molecular flexibility index (Phi) is 4.41. The highest BCUT2D eigenvalue weighted by Gasteiger charge is 2.14. The first kappa shape index (κ1) is 16.4. The molecule has 0 N–H and O–H groups in total. The van der Waals surface area contributed by atoms with Crippen molar-refractivity contribution in [3.05, 3.63) is 86.7 Å². The Hall–Kier alpha value is -2.02. The van der Waals surface area contributed by atoms with Gasteiger partial charge in [-0.15, -0.1) is 0 Å². The highest BCUT2D eigenvalue weighted by molar-refractivity contribution is 6.40. The maximum Gasteiger partial charge on any atom is 0.0563 e. The average molecular weight is 365 g/mol. The Labute approximate surface area is 157 Å². The van der Waals surface area contributed by atoms with E-state index >= 15 is 0 Å². The first-order chi connectivity index (χ1) is 12.2. The molecule has 0 bridgehead atoms. The summed E-state index contributed by atoms with van der Waals surface area (Å²) in [5.41, 5.74) is 3.87. The maximum absolute atomic E-state index is 6.85. The van der Waals surface area contributed by atoms with Gasteiger partial charge in [-0.05, 0) is 24.0 Å². The van der Waals surface area contributed by atoms with E-state index in [1.54, 1.807) is 0 Å². The molecule has 1 aliphatic carbocycles. The maximum atomic E-state index is 6.85. The first-order valence-electron chi connectivity index (χ1n) is 8.54. The molecule has 0 heterocycles. The highest BCUT2D eigenvalue weighted by atomic mass is 35.5. The van der Waals surface area contributed by atoms with Crippen LogP contribution in [-0.2, 0) is 0 Å². The topological polar surface area (TPSA) is 0 Å². The Morgan fingerprint density at radius 1 is 0.800 bits per heavy atom. The highest BCUT2D eigenvalue weighted by Crippen LogP contribution is 2.29. The minimum atomic E-state index is 0.784. The quantitative estimate of drug-likeness (QED) is 0.524. The second kappa shape index (κ2) is 6.71. The molecule has 0 fully saturated rings. The number of hydrogen-bond acceptors (Lipinski definition) is 0. The smallest absolute Gasteiger partial charge is 0.0563 e. The van der Waals surface area contributed by atoms with Crippen molar-refractivity contribution in [2.75, 3.05) is 0 Å². The molecule has 0 aliphatic heterocycles. The molecule has 3 aromatic rings. The fourth-order valence-corrected chi connectivity index (χ4v) is 4.31. The molecule has 0 amide bonds. The first-order valence-corrected chi connectivity index (χ1v) is 9.30. The molecule has 4 rings (SSSR count). The van der Waals surface area contributed by atoms with Crippen LogP contribution in [0.15, 0.2) is 60.7 Å². The van der Waals surface area contributed by atoms with Gasteiger partial charge in [0.05, 0.1) is 10.0 Å². The Balaban J connectivity index is 2.09. The third-order valence-corrected chi connectivity index (χ3v) is 5.71. The second-order valence-corrected chi connectivity index (χ2v) is 7.08. The molecule has 0 spiro atoms. The summed E-state index contributed by atoms with van der Waals surface area (Å²) in [7, 11) is 0. The zero-order valence-electron chi connectivity index (χ0n) is 14.0. The van der Waals surface area contributed by atoms with Crippen LogP contribution in [-0.4, -0.2) is 0 Å². The van der Waals surface area contributed by atoms with E-state index in [0.29, 0.717) is 0 Å². The van der Waals surface area contributed by atoms with Crippen molar-refractivity contribution in [3.63, 3.8) is 0 Å². The number of halogens is 2. The van der Waals surface area contributed by atoms with Crippen LogP contribution in [0.5, 0.6) is 0 Å². The summed E-state index contributed by atoms with van der Waals surface area (Å²) in [6.07, 6.45) is 6.15. The van der Waals surface area contributed by atoms with E-state index in [4.69, 9.17) is 23.2 Å². The molecular weight excluding hydrogens is 347 g/mol. The lowest BCUT2D eigenvalue weighted by Crippen LogP contribution is -2.29. The molecule has 25 heavy (non-hydrogen) atoms. The van der Waals surface area contributed by atoms with Crippen LogP contribution >= 0.6 is 23.2 Å². The van der Waals surface area contributed by atoms with Crippen LogP contribution in [0.4, 0.5) is 0 Å². The monoisotopic (exact) mass is 364 g/mol. The van der Waals surface area contributed by atoms with Crippen molar-refractivity contribution >= 4 is 51.2 Å². The molecule has 2 heteroatoms. The third kappa shape index (κ3) is 2.80. The van der Waals surface area contributed by atoms with Gasteiger partial charge in [-0.2, -0.15) is 0 Å². The lowest BCUT2D eigenvalue weighted by atomic mass is 9.95. The molecule has 0 saturated carbocycles. The summed E-state index contributed by atoms with van der Waals surface area (Å²) in [5, 5.41) is 5.77. The summed E-state index contributed by atoms with van der Waals surface area (Å²) < 4.78 is 0. The van der Waals surface area contributed by atoms with Gasteiger partial charge in [0.15, 0.2) is 0 Å². The fraction of sp³-hybridized carbons (Fsp3) is 0.130. The number of allylic oxidation sites excluding steroid dienone is 2. The number of fused-ring (bicyclic) bond motifs is 2. The Bertz CT molecular complexity index is 1110. The summed E-state index contributed by atoms with van der Waals surface area (Å²) >= 11 is 13.6. The predicted octanol–water partition coefficient (Wildman–Crippen LogP) is 5.98. The van der Waals surface area contributed by atoms with Crippen molar-refractivity contribution in [3.8, 4) is 0 Å². The van der Waals surface area contributed by atoms with E-state index in [-0.39, 0.29) is 0 Å². The zero-order chi connectivity index (χ0) is 17.4. The van der Waals surface area contributed by atoms with Crippen LogP contribution in [0.25, 0.3) is 28.0 Å². The van der Waals surface area contributed by atoms with Crippen molar-refractivity contribution < 1.29 is 0 Å². The van der Waals surface area contributed by atoms with Gasteiger partial charge in [0.1, 0.15) is 0 Å². The van der Waals surface area contributed by atoms with E-state index < -0.39 is 0 Å². The van der Waals surface area contributed by atoms with Crippen LogP contribution < -0.4 is 10.4 Å². The van der Waals surface area contributed by atoms with E-state index in [2.05, 4.69) is 43.3 Å². The average Bonchev–Trinajstić information content (AvgIpc) is 2.87. The molecule has 0 aromatic heterocycles. The minimum absolute atomic E-state index is 0.784. The molecule has 3 aromatic carbocycles. The van der Waals surface area contributed by atoms with Crippen LogP contribution in [0.2, 0.25) is 10.0 Å². The molecule has 0 radical (unpaired) electrons. The van der Waals surface area contributed by atoms with Gasteiger partial charge < -0.3 is 0 Å². The van der Waals surface area contributed by atoms with Crippen molar-refractivity contribution in [2.45, 2.75) is 19.8 Å². The SMILES string of the molecule is CCC1=c2c(Cl)c3ccccc3c(Cl)c2=CC=C(c2ccccc2)C1. The molecule has 0 nitrogen and oxygen atoms in total. The summed E-state index contributed by atoms with van der Waals surface area (Å²) in [5.74, 6) is 0. The third-order valence-electron chi connectivity index (χ3n) is 4.91. The van der Waals surface area contributed by atoms with E-state index in [0.717, 1.165) is 44.1 Å². The second-order valence-electron chi connectivity index (χ2n) is 6.32. The fourth-order valence-electron chi connectivity index (χ4n) is 3.59. The molecule has 0 saturated heterocycles. The van der Waals surface area contributed by atoms with E-state index in [1.807, 2.05) is 30.3 Å². The van der Waals surface area contributed by atoms with Crippen molar-refractivity contribution in [2.24, 2.45) is 0 Å². The summed E-state index contributed by atoms with van der Waals surface area (Å²) in [4.78, 5) is 0. The van der Waals surface area contributed by atoms with Crippen LogP contribution in [0.3, 0.4) is 0 Å². The van der Waals surface area contributed by atoms with E-state index in [9.17, 15) is 0 Å². The van der Waals surface area contributed by atoms with Gasteiger partial charge in [-0.25, -0.2) is 0 Å². The van der Waals surface area contributed by atoms with Gasteiger partial charge in [-0.3, -0.25) is 0 Å². The van der Waals surface area contributed by atoms with Crippen molar-refractivity contribution in [1.29, 1.82) is 0 Å².